The highest BCUT2D eigenvalue weighted by Gasteiger charge is 2.43. The number of anilines is 1. The number of ether oxygens (including phenoxy) is 2. The molecule has 3 fully saturated rings. The maximum absolute atomic E-state index is 5.72. The van der Waals surface area contributed by atoms with Gasteiger partial charge in [-0.2, -0.15) is 0 Å². The lowest BCUT2D eigenvalue weighted by atomic mass is 9.78. The normalized spacial score (nSPS) is 23.8. The Balaban J connectivity index is 1.51. The highest BCUT2D eigenvalue weighted by Crippen LogP contribution is 2.38. The van der Waals surface area contributed by atoms with Crippen LogP contribution in [0.2, 0.25) is 0 Å². The Morgan fingerprint density at radius 2 is 1.67 bits per heavy atom. The van der Waals surface area contributed by atoms with E-state index in [1.54, 1.807) is 14.2 Å². The molecule has 0 amide bonds. The van der Waals surface area contributed by atoms with Gasteiger partial charge in [0.2, 0.25) is 5.95 Å². The fraction of sp³-hybridized carbons (Fsp3) is 0.407. The van der Waals surface area contributed by atoms with E-state index in [1.165, 1.54) is 25.9 Å². The predicted octanol–water partition coefficient (Wildman–Crippen LogP) is 4.65. The van der Waals surface area contributed by atoms with Crippen LogP contribution in [0.1, 0.15) is 25.3 Å². The van der Waals surface area contributed by atoms with Crippen LogP contribution in [-0.4, -0.2) is 54.3 Å². The van der Waals surface area contributed by atoms with Crippen LogP contribution in [0.4, 0.5) is 5.95 Å². The standard InChI is InChI=1S/C27H32N4O2/c1-19-26(21-11-13-30(19)14-12-21)31(18-22-9-10-24(32-2)15-25(22)33-3)27-28-16-23(17-29-27)20-7-5-4-6-8-20/h4-10,15-17,19,21,26H,11-14,18H2,1-3H3. The van der Waals surface area contributed by atoms with Crippen LogP contribution < -0.4 is 14.4 Å². The summed E-state index contributed by atoms with van der Waals surface area (Å²) in [7, 11) is 3.39. The minimum absolute atomic E-state index is 0.363. The van der Waals surface area contributed by atoms with Crippen molar-refractivity contribution in [3.63, 3.8) is 0 Å². The fourth-order valence-electron chi connectivity index (χ4n) is 5.52. The van der Waals surface area contributed by atoms with Crippen molar-refractivity contribution in [2.75, 3.05) is 32.2 Å². The zero-order chi connectivity index (χ0) is 22.8. The molecule has 2 bridgehead atoms. The van der Waals surface area contributed by atoms with Gasteiger partial charge in [-0.15, -0.1) is 0 Å². The van der Waals surface area contributed by atoms with Gasteiger partial charge in [-0.25, -0.2) is 9.97 Å². The second-order valence-electron chi connectivity index (χ2n) is 9.05. The van der Waals surface area contributed by atoms with Crippen molar-refractivity contribution in [2.24, 2.45) is 5.92 Å². The van der Waals surface area contributed by atoms with E-state index < -0.39 is 0 Å². The first-order valence-corrected chi connectivity index (χ1v) is 11.8. The van der Waals surface area contributed by atoms with E-state index >= 15 is 0 Å². The maximum atomic E-state index is 5.72. The minimum atomic E-state index is 0.363. The Morgan fingerprint density at radius 3 is 2.30 bits per heavy atom. The number of benzene rings is 2. The molecule has 2 aromatic carbocycles. The Bertz CT molecular complexity index is 1060. The van der Waals surface area contributed by atoms with Crippen LogP contribution in [0, 0.1) is 5.92 Å². The SMILES string of the molecule is COc1ccc(CN(c2ncc(-c3ccccc3)cn2)C2C3CCN(CC3)C2C)c(OC)c1. The van der Waals surface area contributed by atoms with Gasteiger partial charge in [-0.3, -0.25) is 4.90 Å². The Hall–Kier alpha value is -3.12. The molecule has 4 heterocycles. The van der Waals surface area contributed by atoms with Crippen LogP contribution in [0.3, 0.4) is 0 Å². The number of fused-ring (bicyclic) bond motifs is 3. The highest BCUT2D eigenvalue weighted by molar-refractivity contribution is 5.62. The average Bonchev–Trinajstić information content (AvgIpc) is 2.89. The monoisotopic (exact) mass is 444 g/mol. The molecule has 3 aliphatic rings. The molecule has 2 atom stereocenters. The molecule has 0 radical (unpaired) electrons. The van der Waals surface area contributed by atoms with Gasteiger partial charge < -0.3 is 14.4 Å². The molecule has 2 unspecified atom stereocenters. The van der Waals surface area contributed by atoms with E-state index in [1.807, 2.05) is 42.7 Å². The van der Waals surface area contributed by atoms with Gasteiger partial charge in [-0.05, 0) is 56.5 Å². The van der Waals surface area contributed by atoms with Crippen molar-refractivity contribution < 1.29 is 9.47 Å². The van der Waals surface area contributed by atoms with Crippen molar-refractivity contribution in [1.29, 1.82) is 0 Å². The lowest BCUT2D eigenvalue weighted by Crippen LogP contribution is -2.62. The van der Waals surface area contributed by atoms with Crippen LogP contribution in [0.5, 0.6) is 11.5 Å². The van der Waals surface area contributed by atoms with E-state index in [0.29, 0.717) is 24.5 Å². The molecule has 6 nitrogen and oxygen atoms in total. The molecule has 6 rings (SSSR count). The van der Waals surface area contributed by atoms with Crippen LogP contribution in [0.15, 0.2) is 60.9 Å². The van der Waals surface area contributed by atoms with Gasteiger partial charge in [0.25, 0.3) is 0 Å². The molecular formula is C27H32N4O2. The van der Waals surface area contributed by atoms with E-state index in [4.69, 9.17) is 19.4 Å². The molecule has 33 heavy (non-hydrogen) atoms. The number of hydrogen-bond acceptors (Lipinski definition) is 6. The van der Waals surface area contributed by atoms with E-state index in [0.717, 1.165) is 34.1 Å². The first-order valence-electron chi connectivity index (χ1n) is 11.8. The van der Waals surface area contributed by atoms with Crippen molar-refractivity contribution >= 4 is 5.95 Å². The summed E-state index contributed by atoms with van der Waals surface area (Å²) in [5.74, 6) is 3.04. The maximum Gasteiger partial charge on any atom is 0.225 e. The van der Waals surface area contributed by atoms with Crippen molar-refractivity contribution in [2.45, 2.75) is 38.4 Å². The molecule has 3 saturated heterocycles. The van der Waals surface area contributed by atoms with Crippen molar-refractivity contribution in [3.05, 3.63) is 66.5 Å². The molecule has 172 valence electrons. The fourth-order valence-corrected chi connectivity index (χ4v) is 5.52. The molecule has 3 aromatic rings. The summed E-state index contributed by atoms with van der Waals surface area (Å²) in [6.45, 7) is 5.43. The second kappa shape index (κ2) is 9.40. The van der Waals surface area contributed by atoms with E-state index in [9.17, 15) is 0 Å². The summed E-state index contributed by atoms with van der Waals surface area (Å²) in [5, 5.41) is 0. The molecule has 1 aromatic heterocycles. The molecule has 0 aliphatic carbocycles. The summed E-state index contributed by atoms with van der Waals surface area (Å²) in [5.41, 5.74) is 3.27. The Morgan fingerprint density at radius 1 is 0.939 bits per heavy atom. The van der Waals surface area contributed by atoms with E-state index in [-0.39, 0.29) is 0 Å². The summed E-state index contributed by atoms with van der Waals surface area (Å²) >= 11 is 0. The first-order chi connectivity index (χ1) is 16.2. The summed E-state index contributed by atoms with van der Waals surface area (Å²) < 4.78 is 11.1. The number of methoxy groups -OCH3 is 2. The molecular weight excluding hydrogens is 412 g/mol. The third-order valence-corrected chi connectivity index (χ3v) is 7.32. The lowest BCUT2D eigenvalue weighted by molar-refractivity contribution is 0.0330. The number of aromatic nitrogens is 2. The first kappa shape index (κ1) is 21.7. The van der Waals surface area contributed by atoms with Crippen molar-refractivity contribution in [3.8, 4) is 22.6 Å². The van der Waals surface area contributed by atoms with Crippen LogP contribution in [-0.2, 0) is 6.54 Å². The number of nitrogens with zero attached hydrogens (tertiary/aromatic N) is 4. The quantitative estimate of drug-likeness (QED) is 0.529. The van der Waals surface area contributed by atoms with E-state index in [2.05, 4.69) is 34.9 Å². The zero-order valence-electron chi connectivity index (χ0n) is 19.6. The smallest absolute Gasteiger partial charge is 0.225 e. The van der Waals surface area contributed by atoms with Gasteiger partial charge in [0, 0.05) is 42.2 Å². The number of hydrogen-bond donors (Lipinski definition) is 0. The lowest BCUT2D eigenvalue weighted by Gasteiger charge is -2.53. The number of rotatable bonds is 7. The highest BCUT2D eigenvalue weighted by atomic mass is 16.5. The molecule has 3 aliphatic heterocycles. The average molecular weight is 445 g/mol. The molecule has 0 saturated carbocycles. The Kier molecular flexibility index (Phi) is 6.18. The van der Waals surface area contributed by atoms with Gasteiger partial charge in [-0.1, -0.05) is 30.3 Å². The minimum Gasteiger partial charge on any atom is -0.497 e. The molecule has 0 spiro atoms. The van der Waals surface area contributed by atoms with Gasteiger partial charge in [0.15, 0.2) is 0 Å². The topological polar surface area (TPSA) is 50.7 Å². The van der Waals surface area contributed by atoms with Gasteiger partial charge in [0.05, 0.1) is 20.3 Å². The van der Waals surface area contributed by atoms with Gasteiger partial charge in [0.1, 0.15) is 11.5 Å². The number of piperidine rings is 3. The third kappa shape index (κ3) is 4.27. The second-order valence-corrected chi connectivity index (χ2v) is 9.05. The predicted molar refractivity (Wildman–Crippen MR) is 131 cm³/mol. The van der Waals surface area contributed by atoms with Crippen molar-refractivity contribution in [1.82, 2.24) is 14.9 Å². The molecule has 6 heteroatoms. The Labute approximate surface area is 196 Å². The summed E-state index contributed by atoms with van der Waals surface area (Å²) in [6, 6.07) is 17.2. The summed E-state index contributed by atoms with van der Waals surface area (Å²) in [4.78, 5) is 14.7. The largest absolute Gasteiger partial charge is 0.497 e. The molecule has 0 N–H and O–H groups in total. The zero-order valence-corrected chi connectivity index (χ0v) is 19.6. The van der Waals surface area contributed by atoms with Crippen LogP contribution in [0.25, 0.3) is 11.1 Å². The summed E-state index contributed by atoms with van der Waals surface area (Å²) in [6.07, 6.45) is 6.35. The third-order valence-electron chi connectivity index (χ3n) is 7.32. The van der Waals surface area contributed by atoms with Gasteiger partial charge >= 0.3 is 0 Å². The van der Waals surface area contributed by atoms with Crippen LogP contribution >= 0.6 is 0 Å².